The first-order chi connectivity index (χ1) is 7.57. The summed E-state index contributed by atoms with van der Waals surface area (Å²) in [6.45, 7) is 1.17. The summed E-state index contributed by atoms with van der Waals surface area (Å²) in [6, 6.07) is -1.16. The van der Waals surface area contributed by atoms with Crippen molar-refractivity contribution in [2.45, 2.75) is 31.4 Å². The van der Waals surface area contributed by atoms with Crippen molar-refractivity contribution in [3.8, 4) is 0 Å². The van der Waals surface area contributed by atoms with E-state index in [4.69, 9.17) is 0 Å². The summed E-state index contributed by atoms with van der Waals surface area (Å²) < 4.78 is 69.7. The minimum absolute atomic E-state index is 1.12. The number of carbonyl (C=O) groups is 1. The molecule has 0 aliphatic carbocycles. The molecule has 0 aromatic heterocycles. The quantitative estimate of drug-likeness (QED) is 0.602. The van der Waals surface area contributed by atoms with E-state index in [0.29, 0.717) is 0 Å². The number of carbonyl (C=O) groups excluding carboxylic acids is 1. The SMILES string of the molecule is COC(OC)C(C)NC(=O)C(F)(F)C(F)(F)F. The molecule has 0 bridgehead atoms. The lowest BCUT2D eigenvalue weighted by Crippen LogP contribution is -2.55. The highest BCUT2D eigenvalue weighted by atomic mass is 19.4. The summed E-state index contributed by atoms with van der Waals surface area (Å²) >= 11 is 0. The van der Waals surface area contributed by atoms with Gasteiger partial charge in [-0.3, -0.25) is 4.79 Å². The Bertz CT molecular complexity index is 264. The van der Waals surface area contributed by atoms with Crippen LogP contribution in [0.25, 0.3) is 0 Å². The highest BCUT2D eigenvalue weighted by molar-refractivity contribution is 5.84. The number of alkyl halides is 5. The molecule has 102 valence electrons. The Labute approximate surface area is 94.1 Å². The van der Waals surface area contributed by atoms with Crippen LogP contribution in [-0.2, 0) is 14.3 Å². The lowest BCUT2D eigenvalue weighted by Gasteiger charge is -2.25. The third-order valence-electron chi connectivity index (χ3n) is 1.87. The number of hydrogen-bond acceptors (Lipinski definition) is 3. The minimum atomic E-state index is -5.94. The number of nitrogens with one attached hydrogen (secondary N) is 1. The van der Waals surface area contributed by atoms with E-state index >= 15 is 0 Å². The molecule has 17 heavy (non-hydrogen) atoms. The first-order valence-electron chi connectivity index (χ1n) is 4.39. The summed E-state index contributed by atoms with van der Waals surface area (Å²) in [5.74, 6) is -7.90. The third kappa shape index (κ3) is 3.77. The van der Waals surface area contributed by atoms with Gasteiger partial charge in [0.05, 0.1) is 6.04 Å². The Morgan fingerprint density at radius 1 is 1.12 bits per heavy atom. The fourth-order valence-corrected chi connectivity index (χ4v) is 0.999. The fraction of sp³-hybridized carbons (Fsp3) is 0.875. The van der Waals surface area contributed by atoms with Gasteiger partial charge in [0.2, 0.25) is 0 Å². The van der Waals surface area contributed by atoms with Crippen LogP contribution < -0.4 is 5.32 Å². The summed E-state index contributed by atoms with van der Waals surface area (Å²) in [4.78, 5) is 10.8. The number of amides is 1. The lowest BCUT2D eigenvalue weighted by atomic mass is 10.2. The van der Waals surface area contributed by atoms with Crippen molar-refractivity contribution >= 4 is 5.91 Å². The van der Waals surface area contributed by atoms with Crippen LogP contribution in [0.1, 0.15) is 6.92 Å². The van der Waals surface area contributed by atoms with E-state index in [2.05, 4.69) is 9.47 Å². The van der Waals surface area contributed by atoms with Crippen LogP contribution in [0.5, 0.6) is 0 Å². The van der Waals surface area contributed by atoms with Gasteiger partial charge in [0.25, 0.3) is 0 Å². The highest BCUT2D eigenvalue weighted by Gasteiger charge is 2.63. The molecule has 0 fully saturated rings. The second-order valence-electron chi connectivity index (χ2n) is 3.17. The second kappa shape index (κ2) is 5.58. The molecule has 0 aromatic rings. The third-order valence-corrected chi connectivity index (χ3v) is 1.87. The molecule has 0 aromatic carbocycles. The van der Waals surface area contributed by atoms with Crippen LogP contribution in [0.2, 0.25) is 0 Å². The Morgan fingerprint density at radius 3 is 1.82 bits per heavy atom. The zero-order valence-corrected chi connectivity index (χ0v) is 9.27. The van der Waals surface area contributed by atoms with Gasteiger partial charge < -0.3 is 14.8 Å². The first kappa shape index (κ1) is 16.0. The van der Waals surface area contributed by atoms with Crippen molar-refractivity contribution in [3.05, 3.63) is 0 Å². The first-order valence-corrected chi connectivity index (χ1v) is 4.39. The van der Waals surface area contributed by atoms with Crippen molar-refractivity contribution < 1.29 is 36.2 Å². The van der Waals surface area contributed by atoms with Crippen LogP contribution in [0.4, 0.5) is 22.0 Å². The van der Waals surface area contributed by atoms with E-state index in [-0.39, 0.29) is 0 Å². The van der Waals surface area contributed by atoms with Crippen molar-refractivity contribution in [2.24, 2.45) is 0 Å². The van der Waals surface area contributed by atoms with Crippen molar-refractivity contribution in [1.29, 1.82) is 0 Å². The van der Waals surface area contributed by atoms with Crippen molar-refractivity contribution in [2.75, 3.05) is 14.2 Å². The summed E-state index contributed by atoms with van der Waals surface area (Å²) in [5, 5.41) is 1.47. The van der Waals surface area contributed by atoms with Gasteiger partial charge >= 0.3 is 18.0 Å². The van der Waals surface area contributed by atoms with Gasteiger partial charge in [-0.15, -0.1) is 0 Å². The Kier molecular flexibility index (Phi) is 5.27. The lowest BCUT2D eigenvalue weighted by molar-refractivity contribution is -0.270. The van der Waals surface area contributed by atoms with Crippen LogP contribution >= 0.6 is 0 Å². The molecule has 0 rings (SSSR count). The number of hydrogen-bond donors (Lipinski definition) is 1. The summed E-state index contributed by atoms with van der Waals surface area (Å²) in [6.07, 6.45) is -7.06. The van der Waals surface area contributed by atoms with Gasteiger partial charge in [-0.2, -0.15) is 22.0 Å². The number of halogens is 5. The van der Waals surface area contributed by atoms with Crippen LogP contribution in [0.15, 0.2) is 0 Å². The predicted octanol–water partition coefficient (Wildman–Crippen LogP) is 1.31. The van der Waals surface area contributed by atoms with Crippen molar-refractivity contribution in [3.63, 3.8) is 0 Å². The predicted molar refractivity (Wildman–Crippen MR) is 46.4 cm³/mol. The van der Waals surface area contributed by atoms with Crippen LogP contribution in [0.3, 0.4) is 0 Å². The minimum Gasteiger partial charge on any atom is -0.354 e. The molecule has 0 saturated heterocycles. The maximum absolute atomic E-state index is 12.5. The van der Waals surface area contributed by atoms with Crippen molar-refractivity contribution in [1.82, 2.24) is 5.32 Å². The van der Waals surface area contributed by atoms with Gasteiger partial charge in [-0.25, -0.2) is 0 Å². The molecule has 9 heteroatoms. The van der Waals surface area contributed by atoms with Crippen LogP contribution in [0, 0.1) is 0 Å². The monoisotopic (exact) mass is 265 g/mol. The largest absolute Gasteiger partial charge is 0.463 e. The average Bonchev–Trinajstić information content (AvgIpc) is 2.17. The molecular formula is C8H12F5NO3. The van der Waals surface area contributed by atoms with E-state index in [0.717, 1.165) is 14.2 Å². The van der Waals surface area contributed by atoms with E-state index < -0.39 is 30.3 Å². The summed E-state index contributed by atoms with van der Waals surface area (Å²) in [5.41, 5.74) is 0. The normalized spacial score (nSPS) is 14.9. The molecule has 1 atom stereocenters. The van der Waals surface area contributed by atoms with Gasteiger partial charge in [0.1, 0.15) is 0 Å². The molecule has 1 unspecified atom stereocenters. The maximum atomic E-state index is 12.5. The Morgan fingerprint density at radius 2 is 1.53 bits per heavy atom. The molecule has 1 N–H and O–H groups in total. The van der Waals surface area contributed by atoms with E-state index in [1.165, 1.54) is 12.2 Å². The molecule has 4 nitrogen and oxygen atoms in total. The summed E-state index contributed by atoms with van der Waals surface area (Å²) in [7, 11) is 2.30. The Hall–Kier alpha value is -0.960. The molecule has 0 aliphatic rings. The zero-order valence-electron chi connectivity index (χ0n) is 9.27. The van der Waals surface area contributed by atoms with Gasteiger partial charge in [-0.05, 0) is 6.92 Å². The average molecular weight is 265 g/mol. The molecule has 1 amide bonds. The molecule has 0 saturated carbocycles. The van der Waals surface area contributed by atoms with E-state index in [1.807, 2.05) is 0 Å². The standard InChI is InChI=1S/C8H12F5NO3/c1-4(5(16-2)17-3)14-6(15)7(9,10)8(11,12)13/h4-5H,1-3H3,(H,14,15). The Balaban J connectivity index is 4.65. The smallest absolute Gasteiger partial charge is 0.354 e. The zero-order chi connectivity index (χ0) is 13.9. The fourth-order valence-electron chi connectivity index (χ4n) is 0.999. The maximum Gasteiger partial charge on any atom is 0.463 e. The molecule has 0 aliphatic heterocycles. The molecular weight excluding hydrogens is 253 g/mol. The highest BCUT2D eigenvalue weighted by Crippen LogP contribution is 2.35. The number of methoxy groups -OCH3 is 2. The molecule has 0 radical (unpaired) electrons. The second-order valence-corrected chi connectivity index (χ2v) is 3.17. The topological polar surface area (TPSA) is 47.6 Å². The van der Waals surface area contributed by atoms with Gasteiger partial charge in [0.15, 0.2) is 6.29 Å². The van der Waals surface area contributed by atoms with E-state index in [1.54, 1.807) is 0 Å². The van der Waals surface area contributed by atoms with Gasteiger partial charge in [0, 0.05) is 14.2 Å². The van der Waals surface area contributed by atoms with Gasteiger partial charge in [-0.1, -0.05) is 0 Å². The molecule has 0 spiro atoms. The van der Waals surface area contributed by atoms with E-state index in [9.17, 15) is 26.7 Å². The van der Waals surface area contributed by atoms with Crippen LogP contribution in [-0.4, -0.2) is 44.6 Å². The number of ether oxygens (including phenoxy) is 2. The molecule has 0 heterocycles. The number of rotatable bonds is 5.